The molecule has 1 N–H and O–H groups in total. The zero-order valence-corrected chi connectivity index (χ0v) is 8.23. The molecule has 0 unspecified atom stereocenters. The third kappa shape index (κ3) is 1.71. The molecule has 5 heteroatoms. The minimum atomic E-state index is -0.0416. The summed E-state index contributed by atoms with van der Waals surface area (Å²) in [6.45, 7) is 0. The van der Waals surface area contributed by atoms with Gasteiger partial charge in [0.1, 0.15) is 5.65 Å². The average Bonchev–Trinajstić information content (AvgIpc) is 2.49. The lowest BCUT2D eigenvalue weighted by atomic mass is 10.5. The first kappa shape index (κ1) is 10.2. The Bertz CT molecular complexity index is 460. The molecule has 13 heavy (non-hydrogen) atoms. The van der Waals surface area contributed by atoms with Crippen LogP contribution in [0.3, 0.4) is 0 Å². The Morgan fingerprint density at radius 1 is 1.46 bits per heavy atom. The summed E-state index contributed by atoms with van der Waals surface area (Å²) < 4.78 is 1.54. The Hall–Kier alpha value is -0.930. The highest BCUT2D eigenvalue weighted by molar-refractivity contribution is 6.16. The number of halogens is 2. The monoisotopic (exact) mass is 218 g/mol. The van der Waals surface area contributed by atoms with Gasteiger partial charge in [0.15, 0.2) is 0 Å². The van der Waals surface area contributed by atoms with Crippen molar-refractivity contribution in [1.29, 1.82) is 0 Å². The second kappa shape index (κ2) is 3.85. The molecule has 2 aromatic heterocycles. The smallest absolute Gasteiger partial charge is 0.256 e. The molecule has 2 aromatic rings. The first-order valence-electron chi connectivity index (χ1n) is 3.56. The van der Waals surface area contributed by atoms with Gasteiger partial charge in [-0.15, -0.1) is 24.0 Å². The van der Waals surface area contributed by atoms with E-state index >= 15 is 0 Å². The van der Waals surface area contributed by atoms with E-state index < -0.39 is 0 Å². The number of aromatic amines is 1. The SMILES string of the molecule is Cl.O=c1cccc2[nH]c(CCl)cn12. The van der Waals surface area contributed by atoms with Crippen molar-refractivity contribution in [3.63, 3.8) is 0 Å². The van der Waals surface area contributed by atoms with Gasteiger partial charge in [-0.3, -0.25) is 9.20 Å². The van der Waals surface area contributed by atoms with E-state index in [1.165, 1.54) is 10.5 Å². The van der Waals surface area contributed by atoms with Crippen molar-refractivity contribution < 1.29 is 0 Å². The highest BCUT2D eigenvalue weighted by Crippen LogP contribution is 2.03. The van der Waals surface area contributed by atoms with Gasteiger partial charge in [-0.25, -0.2) is 0 Å². The lowest BCUT2D eigenvalue weighted by Gasteiger charge is -1.87. The molecule has 2 rings (SSSR count). The van der Waals surface area contributed by atoms with E-state index in [-0.39, 0.29) is 18.0 Å². The van der Waals surface area contributed by atoms with Crippen LogP contribution >= 0.6 is 24.0 Å². The van der Waals surface area contributed by atoms with Gasteiger partial charge < -0.3 is 4.98 Å². The third-order valence-corrected chi connectivity index (χ3v) is 2.00. The highest BCUT2D eigenvalue weighted by atomic mass is 35.5. The summed E-state index contributed by atoms with van der Waals surface area (Å²) in [6, 6.07) is 5.06. The Labute approximate surface area is 85.8 Å². The molecule has 70 valence electrons. The number of nitrogens with one attached hydrogen (secondary N) is 1. The molecule has 0 aliphatic heterocycles. The summed E-state index contributed by atoms with van der Waals surface area (Å²) >= 11 is 5.60. The van der Waals surface area contributed by atoms with Crippen LogP contribution in [-0.2, 0) is 5.88 Å². The van der Waals surface area contributed by atoms with Gasteiger partial charge in [0.25, 0.3) is 5.56 Å². The number of hydrogen-bond acceptors (Lipinski definition) is 1. The first-order chi connectivity index (χ1) is 5.81. The van der Waals surface area contributed by atoms with Crippen LogP contribution in [0, 0.1) is 0 Å². The number of fused-ring (bicyclic) bond motifs is 1. The molecular formula is C8H8Cl2N2O. The molecule has 0 bridgehead atoms. The van der Waals surface area contributed by atoms with Crippen LogP contribution in [-0.4, -0.2) is 9.38 Å². The van der Waals surface area contributed by atoms with Gasteiger partial charge >= 0.3 is 0 Å². The van der Waals surface area contributed by atoms with Crippen LogP contribution in [0.25, 0.3) is 5.65 Å². The lowest BCUT2D eigenvalue weighted by molar-refractivity contribution is 1.11. The number of aromatic nitrogens is 2. The Balaban J connectivity index is 0.000000845. The Morgan fingerprint density at radius 3 is 2.85 bits per heavy atom. The van der Waals surface area contributed by atoms with Crippen LogP contribution in [0.1, 0.15) is 5.69 Å². The number of imidazole rings is 1. The van der Waals surface area contributed by atoms with E-state index in [9.17, 15) is 4.79 Å². The van der Waals surface area contributed by atoms with Gasteiger partial charge in [0.2, 0.25) is 0 Å². The molecule has 0 fully saturated rings. The summed E-state index contributed by atoms with van der Waals surface area (Å²) in [5.74, 6) is 0.390. The van der Waals surface area contributed by atoms with Crippen molar-refractivity contribution in [2.75, 3.05) is 0 Å². The molecule has 0 atom stereocenters. The van der Waals surface area contributed by atoms with Crippen molar-refractivity contribution in [3.05, 3.63) is 40.4 Å². The topological polar surface area (TPSA) is 37.3 Å². The fourth-order valence-electron chi connectivity index (χ4n) is 1.16. The molecule has 0 aliphatic rings. The van der Waals surface area contributed by atoms with Crippen LogP contribution < -0.4 is 5.56 Å². The number of hydrogen-bond donors (Lipinski definition) is 1. The molecule has 0 aliphatic carbocycles. The maximum absolute atomic E-state index is 11.2. The molecule has 0 saturated carbocycles. The average molecular weight is 219 g/mol. The highest BCUT2D eigenvalue weighted by Gasteiger charge is 1.98. The molecule has 0 saturated heterocycles. The van der Waals surface area contributed by atoms with E-state index in [1.807, 2.05) is 6.07 Å². The number of pyridine rings is 1. The van der Waals surface area contributed by atoms with E-state index in [0.717, 1.165) is 11.3 Å². The zero-order chi connectivity index (χ0) is 8.55. The van der Waals surface area contributed by atoms with E-state index in [0.29, 0.717) is 5.88 Å². The van der Waals surface area contributed by atoms with Crippen molar-refractivity contribution >= 4 is 29.7 Å². The fourth-order valence-corrected chi connectivity index (χ4v) is 1.29. The van der Waals surface area contributed by atoms with Crippen molar-refractivity contribution in [3.8, 4) is 0 Å². The molecule has 3 nitrogen and oxygen atoms in total. The first-order valence-corrected chi connectivity index (χ1v) is 4.10. The van der Waals surface area contributed by atoms with E-state index in [4.69, 9.17) is 11.6 Å². The summed E-state index contributed by atoms with van der Waals surface area (Å²) in [5, 5.41) is 0. The molecule has 0 radical (unpaired) electrons. The van der Waals surface area contributed by atoms with Gasteiger partial charge in [-0.05, 0) is 6.07 Å². The van der Waals surface area contributed by atoms with Crippen molar-refractivity contribution in [1.82, 2.24) is 9.38 Å². The second-order valence-corrected chi connectivity index (χ2v) is 2.80. The van der Waals surface area contributed by atoms with Gasteiger partial charge in [-0.1, -0.05) is 6.07 Å². The van der Waals surface area contributed by atoms with E-state index in [2.05, 4.69) is 4.98 Å². The Morgan fingerprint density at radius 2 is 2.23 bits per heavy atom. The number of nitrogens with zero attached hydrogens (tertiary/aromatic N) is 1. The quantitative estimate of drug-likeness (QED) is 0.729. The third-order valence-electron chi connectivity index (χ3n) is 1.71. The maximum atomic E-state index is 11.2. The molecule has 0 spiro atoms. The predicted octanol–water partition coefficient (Wildman–Crippen LogP) is 1.79. The summed E-state index contributed by atoms with van der Waals surface area (Å²) in [7, 11) is 0. The number of rotatable bonds is 1. The van der Waals surface area contributed by atoms with Crippen LogP contribution in [0.15, 0.2) is 29.2 Å². The van der Waals surface area contributed by atoms with Crippen LogP contribution in [0.5, 0.6) is 0 Å². The van der Waals surface area contributed by atoms with E-state index in [1.54, 1.807) is 12.3 Å². The van der Waals surface area contributed by atoms with Crippen molar-refractivity contribution in [2.45, 2.75) is 5.88 Å². The maximum Gasteiger partial charge on any atom is 0.256 e. The normalized spacial score (nSPS) is 9.92. The summed E-state index contributed by atoms with van der Waals surface area (Å²) in [5.41, 5.74) is 1.58. The molecular weight excluding hydrogens is 211 g/mol. The van der Waals surface area contributed by atoms with Gasteiger partial charge in [0, 0.05) is 18.0 Å². The number of H-pyrrole nitrogens is 1. The van der Waals surface area contributed by atoms with Gasteiger partial charge in [-0.2, -0.15) is 0 Å². The Kier molecular flexibility index (Phi) is 3.01. The molecule has 0 aromatic carbocycles. The molecule has 2 heterocycles. The minimum Gasteiger partial charge on any atom is -0.342 e. The summed E-state index contributed by atoms with van der Waals surface area (Å²) in [4.78, 5) is 14.2. The standard InChI is InChI=1S/C8H7ClN2O.ClH/c9-4-6-5-11-7(10-6)2-1-3-8(11)12;/h1-3,5,10H,4H2;1H. The zero-order valence-electron chi connectivity index (χ0n) is 6.66. The van der Waals surface area contributed by atoms with Crippen LogP contribution in [0.2, 0.25) is 0 Å². The molecule has 0 amide bonds. The predicted molar refractivity (Wildman–Crippen MR) is 54.8 cm³/mol. The number of alkyl halides is 1. The van der Waals surface area contributed by atoms with Crippen LogP contribution in [0.4, 0.5) is 0 Å². The minimum absolute atomic E-state index is 0. The van der Waals surface area contributed by atoms with Gasteiger partial charge in [0.05, 0.1) is 5.88 Å². The summed E-state index contributed by atoms with van der Waals surface area (Å²) in [6.07, 6.45) is 1.71. The van der Waals surface area contributed by atoms with Crippen molar-refractivity contribution in [2.24, 2.45) is 0 Å². The largest absolute Gasteiger partial charge is 0.342 e. The lowest BCUT2D eigenvalue weighted by Crippen LogP contribution is -2.08. The second-order valence-electron chi connectivity index (χ2n) is 2.53. The fraction of sp³-hybridized carbons (Fsp3) is 0.125.